The molecule has 2 aromatic heterocycles. The SMILES string of the molecule is FC(F)(F)CCCCNCc1cn2ccsc2n1. The van der Waals surface area contributed by atoms with Crippen LogP contribution in [0.25, 0.3) is 4.96 Å². The van der Waals surface area contributed by atoms with E-state index in [2.05, 4.69) is 10.3 Å². The van der Waals surface area contributed by atoms with Crippen molar-refractivity contribution in [1.29, 1.82) is 0 Å². The summed E-state index contributed by atoms with van der Waals surface area (Å²) in [7, 11) is 0. The molecule has 2 rings (SSSR count). The molecule has 2 heterocycles. The van der Waals surface area contributed by atoms with Crippen molar-refractivity contribution in [1.82, 2.24) is 14.7 Å². The van der Waals surface area contributed by atoms with E-state index in [0.29, 0.717) is 19.5 Å². The Morgan fingerprint density at radius 1 is 1.33 bits per heavy atom. The van der Waals surface area contributed by atoms with Crippen molar-refractivity contribution >= 4 is 16.3 Å². The third kappa shape index (κ3) is 3.99. The predicted octanol–water partition coefficient (Wildman–Crippen LogP) is 3.22. The summed E-state index contributed by atoms with van der Waals surface area (Å²) in [5, 5.41) is 5.06. The molecular formula is C11H14F3N3S. The van der Waals surface area contributed by atoms with Crippen LogP contribution in [0.2, 0.25) is 0 Å². The molecule has 0 unspecified atom stereocenters. The molecule has 0 radical (unpaired) electrons. The van der Waals surface area contributed by atoms with Gasteiger partial charge >= 0.3 is 6.18 Å². The van der Waals surface area contributed by atoms with Gasteiger partial charge in [0, 0.05) is 30.7 Å². The highest BCUT2D eigenvalue weighted by Crippen LogP contribution is 2.21. The van der Waals surface area contributed by atoms with Gasteiger partial charge in [-0.05, 0) is 19.4 Å². The molecule has 0 saturated carbocycles. The number of halogens is 3. The van der Waals surface area contributed by atoms with Crippen molar-refractivity contribution < 1.29 is 13.2 Å². The summed E-state index contributed by atoms with van der Waals surface area (Å²) < 4.78 is 37.6. The van der Waals surface area contributed by atoms with Crippen molar-refractivity contribution in [2.24, 2.45) is 0 Å². The zero-order valence-electron chi connectivity index (χ0n) is 9.70. The molecule has 0 fully saturated rings. The largest absolute Gasteiger partial charge is 0.389 e. The Labute approximate surface area is 107 Å². The molecule has 0 aliphatic rings. The number of fused-ring (bicyclic) bond motifs is 1. The number of nitrogens with zero attached hydrogens (tertiary/aromatic N) is 2. The van der Waals surface area contributed by atoms with Gasteiger partial charge < -0.3 is 5.32 Å². The highest BCUT2D eigenvalue weighted by Gasteiger charge is 2.25. The molecule has 3 nitrogen and oxygen atoms in total. The van der Waals surface area contributed by atoms with Gasteiger partial charge in [-0.1, -0.05) is 0 Å². The van der Waals surface area contributed by atoms with E-state index in [9.17, 15) is 13.2 Å². The molecule has 0 atom stereocenters. The summed E-state index contributed by atoms with van der Waals surface area (Å²) in [5.41, 5.74) is 0.915. The van der Waals surface area contributed by atoms with Gasteiger partial charge in [0.15, 0.2) is 4.96 Å². The van der Waals surface area contributed by atoms with Crippen LogP contribution in [0, 0.1) is 0 Å². The van der Waals surface area contributed by atoms with E-state index in [0.717, 1.165) is 10.7 Å². The number of aromatic nitrogens is 2. The van der Waals surface area contributed by atoms with E-state index in [1.165, 1.54) is 0 Å². The molecule has 0 bridgehead atoms. The van der Waals surface area contributed by atoms with Gasteiger partial charge in [0.2, 0.25) is 0 Å². The fourth-order valence-corrected chi connectivity index (χ4v) is 2.37. The minimum atomic E-state index is -4.03. The molecule has 100 valence electrons. The minimum Gasteiger partial charge on any atom is -0.311 e. The van der Waals surface area contributed by atoms with Crippen LogP contribution in [0.1, 0.15) is 25.0 Å². The lowest BCUT2D eigenvalue weighted by Crippen LogP contribution is -2.16. The summed E-state index contributed by atoms with van der Waals surface area (Å²) in [6.07, 6.45) is -0.173. The average molecular weight is 277 g/mol. The summed E-state index contributed by atoms with van der Waals surface area (Å²) in [4.78, 5) is 5.30. The van der Waals surface area contributed by atoms with Gasteiger partial charge in [0.25, 0.3) is 0 Å². The van der Waals surface area contributed by atoms with E-state index in [1.54, 1.807) is 11.3 Å². The first-order chi connectivity index (χ1) is 8.54. The minimum absolute atomic E-state index is 0.175. The number of hydrogen-bond donors (Lipinski definition) is 1. The highest BCUT2D eigenvalue weighted by atomic mass is 32.1. The summed E-state index contributed by atoms with van der Waals surface area (Å²) >= 11 is 1.56. The summed E-state index contributed by atoms with van der Waals surface area (Å²) in [6.45, 7) is 1.18. The smallest absolute Gasteiger partial charge is 0.311 e. The molecule has 18 heavy (non-hydrogen) atoms. The first-order valence-electron chi connectivity index (χ1n) is 5.73. The third-order valence-electron chi connectivity index (χ3n) is 2.51. The Kier molecular flexibility index (Phi) is 4.23. The topological polar surface area (TPSA) is 29.3 Å². The maximum atomic E-state index is 11.9. The van der Waals surface area contributed by atoms with Crippen molar-refractivity contribution in [3.05, 3.63) is 23.5 Å². The Morgan fingerprint density at radius 2 is 2.17 bits per heavy atom. The van der Waals surface area contributed by atoms with Gasteiger partial charge in [-0.2, -0.15) is 13.2 Å². The second kappa shape index (κ2) is 5.71. The lowest BCUT2D eigenvalue weighted by atomic mass is 10.2. The van der Waals surface area contributed by atoms with Crippen molar-refractivity contribution in [2.45, 2.75) is 32.0 Å². The van der Waals surface area contributed by atoms with Crippen molar-refractivity contribution in [2.75, 3.05) is 6.54 Å². The van der Waals surface area contributed by atoms with Crippen LogP contribution < -0.4 is 5.32 Å². The van der Waals surface area contributed by atoms with E-state index >= 15 is 0 Å². The van der Waals surface area contributed by atoms with Gasteiger partial charge in [0.05, 0.1) is 5.69 Å². The van der Waals surface area contributed by atoms with E-state index in [4.69, 9.17) is 0 Å². The highest BCUT2D eigenvalue weighted by molar-refractivity contribution is 7.15. The molecule has 0 amide bonds. The molecule has 0 spiro atoms. The van der Waals surface area contributed by atoms with Crippen LogP contribution in [0.3, 0.4) is 0 Å². The van der Waals surface area contributed by atoms with E-state index < -0.39 is 12.6 Å². The summed E-state index contributed by atoms with van der Waals surface area (Å²) in [6, 6.07) is 0. The first kappa shape index (κ1) is 13.4. The number of alkyl halides is 3. The van der Waals surface area contributed by atoms with Gasteiger partial charge in [-0.3, -0.25) is 4.40 Å². The van der Waals surface area contributed by atoms with E-state index in [1.807, 2.05) is 22.2 Å². The molecule has 7 heteroatoms. The zero-order chi connectivity index (χ0) is 13.0. The standard InChI is InChI=1S/C11H14F3N3S/c12-11(13,14)3-1-2-4-15-7-9-8-17-5-6-18-10(17)16-9/h5-6,8,15H,1-4,7H2. The molecule has 0 aliphatic carbocycles. The molecule has 2 aromatic rings. The summed E-state index contributed by atoms with van der Waals surface area (Å²) in [5.74, 6) is 0. The van der Waals surface area contributed by atoms with Crippen LogP contribution in [0.15, 0.2) is 17.8 Å². The number of imidazole rings is 1. The van der Waals surface area contributed by atoms with Crippen LogP contribution in [-0.2, 0) is 6.54 Å². The van der Waals surface area contributed by atoms with Gasteiger partial charge in [0.1, 0.15) is 0 Å². The Balaban J connectivity index is 1.62. The fraction of sp³-hybridized carbons (Fsp3) is 0.545. The maximum Gasteiger partial charge on any atom is 0.389 e. The molecule has 0 aliphatic heterocycles. The molecular weight excluding hydrogens is 263 g/mol. The molecule has 0 saturated heterocycles. The second-order valence-electron chi connectivity index (χ2n) is 4.07. The van der Waals surface area contributed by atoms with Gasteiger partial charge in [-0.15, -0.1) is 11.3 Å². The van der Waals surface area contributed by atoms with Crippen LogP contribution in [0.4, 0.5) is 13.2 Å². The fourth-order valence-electron chi connectivity index (χ4n) is 1.65. The van der Waals surface area contributed by atoms with Crippen LogP contribution >= 0.6 is 11.3 Å². The number of thiazole rings is 1. The van der Waals surface area contributed by atoms with Crippen LogP contribution in [0.5, 0.6) is 0 Å². The number of hydrogen-bond acceptors (Lipinski definition) is 3. The molecule has 1 N–H and O–H groups in total. The Bertz CT molecular complexity index is 460. The van der Waals surface area contributed by atoms with Crippen molar-refractivity contribution in [3.8, 4) is 0 Å². The number of rotatable bonds is 6. The lowest BCUT2D eigenvalue weighted by molar-refractivity contribution is -0.135. The normalized spacial score (nSPS) is 12.4. The zero-order valence-corrected chi connectivity index (χ0v) is 10.5. The van der Waals surface area contributed by atoms with Crippen LogP contribution in [-0.4, -0.2) is 22.1 Å². The van der Waals surface area contributed by atoms with Gasteiger partial charge in [-0.25, -0.2) is 4.98 Å². The predicted molar refractivity (Wildman–Crippen MR) is 64.7 cm³/mol. The van der Waals surface area contributed by atoms with Crippen molar-refractivity contribution in [3.63, 3.8) is 0 Å². The Morgan fingerprint density at radius 3 is 2.89 bits per heavy atom. The lowest BCUT2D eigenvalue weighted by Gasteiger charge is -2.06. The first-order valence-corrected chi connectivity index (χ1v) is 6.61. The second-order valence-corrected chi connectivity index (χ2v) is 4.95. The molecule has 0 aromatic carbocycles. The quantitative estimate of drug-likeness (QED) is 0.821. The third-order valence-corrected chi connectivity index (χ3v) is 3.28. The average Bonchev–Trinajstić information content (AvgIpc) is 2.81. The maximum absolute atomic E-state index is 11.9. The Hall–Kier alpha value is -1.08. The number of nitrogens with one attached hydrogen (secondary N) is 1. The van der Waals surface area contributed by atoms with E-state index in [-0.39, 0.29) is 6.42 Å². The monoisotopic (exact) mass is 277 g/mol. The number of unbranched alkanes of at least 4 members (excludes halogenated alkanes) is 1.